The fraction of sp³-hybridized carbons (Fsp3) is 0.286. The zero-order chi connectivity index (χ0) is 32.6. The van der Waals surface area contributed by atoms with Gasteiger partial charge in [-0.05, 0) is 42.0 Å². The molecule has 242 valence electrons. The number of benzene rings is 3. The molecule has 3 heterocycles. The standard InChI is InChI=1S/C35H33ClFN5O5/c36-29-16-26(6-7-32(29)46-21-23-3-1-4-25(37)15-23)40-35-24(19-38)20-39-30-18-33(47-27-8-12-45-22-27)31(17-28(30)35)41-34(43)5-2-9-42-10-13-44-14-11-42/h1-7,15-18,20,27H,8-14,21-22H2,(H,39,40)(H,41,43). The van der Waals surface area contributed by atoms with Crippen LogP contribution in [0.2, 0.25) is 5.02 Å². The number of nitrogens with zero attached hydrogens (tertiary/aromatic N) is 3. The maximum absolute atomic E-state index is 13.6. The lowest BCUT2D eigenvalue weighted by atomic mass is 10.1. The van der Waals surface area contributed by atoms with Crippen molar-refractivity contribution in [3.8, 4) is 17.6 Å². The molecule has 4 aromatic rings. The molecular formula is C35H33ClFN5O5. The Bertz CT molecular complexity index is 1820. The van der Waals surface area contributed by atoms with E-state index < -0.39 is 0 Å². The molecule has 0 spiro atoms. The number of nitriles is 1. The van der Waals surface area contributed by atoms with E-state index in [-0.39, 0.29) is 24.4 Å². The third kappa shape index (κ3) is 8.36. The van der Waals surface area contributed by atoms with Crippen LogP contribution in [0.15, 0.2) is 72.9 Å². The normalized spacial score (nSPS) is 16.7. The molecule has 0 bridgehead atoms. The third-order valence-electron chi connectivity index (χ3n) is 7.75. The van der Waals surface area contributed by atoms with Crippen LogP contribution in [0.3, 0.4) is 0 Å². The summed E-state index contributed by atoms with van der Waals surface area (Å²) in [5.41, 5.74) is 3.03. The van der Waals surface area contributed by atoms with Crippen molar-refractivity contribution in [2.45, 2.75) is 19.1 Å². The Labute approximate surface area is 276 Å². The molecule has 2 N–H and O–H groups in total. The molecule has 47 heavy (non-hydrogen) atoms. The van der Waals surface area contributed by atoms with E-state index in [2.05, 4.69) is 26.6 Å². The van der Waals surface area contributed by atoms with Crippen LogP contribution in [0.1, 0.15) is 17.5 Å². The van der Waals surface area contributed by atoms with Crippen LogP contribution in [0, 0.1) is 17.1 Å². The average Bonchev–Trinajstić information content (AvgIpc) is 3.59. The topological polar surface area (TPSA) is 118 Å². The van der Waals surface area contributed by atoms with Gasteiger partial charge in [-0.25, -0.2) is 4.39 Å². The van der Waals surface area contributed by atoms with Gasteiger partial charge in [-0.2, -0.15) is 5.26 Å². The fourth-order valence-corrected chi connectivity index (χ4v) is 5.55. The molecule has 10 nitrogen and oxygen atoms in total. The van der Waals surface area contributed by atoms with Crippen LogP contribution < -0.4 is 20.1 Å². The molecule has 2 aliphatic rings. The van der Waals surface area contributed by atoms with Crippen LogP contribution in [0.25, 0.3) is 10.9 Å². The predicted molar refractivity (Wildman–Crippen MR) is 177 cm³/mol. The summed E-state index contributed by atoms with van der Waals surface area (Å²) in [5.74, 6) is 0.216. The summed E-state index contributed by atoms with van der Waals surface area (Å²) in [6.45, 7) is 4.82. The molecule has 1 unspecified atom stereocenters. The Morgan fingerprint density at radius 1 is 1.13 bits per heavy atom. The van der Waals surface area contributed by atoms with E-state index in [1.54, 1.807) is 42.5 Å². The maximum Gasteiger partial charge on any atom is 0.248 e. The number of halogens is 2. The Morgan fingerprint density at radius 2 is 2.00 bits per heavy atom. The quantitative estimate of drug-likeness (QED) is 0.181. The lowest BCUT2D eigenvalue weighted by Gasteiger charge is -2.25. The van der Waals surface area contributed by atoms with Crippen LogP contribution >= 0.6 is 11.6 Å². The summed E-state index contributed by atoms with van der Waals surface area (Å²) >= 11 is 6.55. The van der Waals surface area contributed by atoms with Gasteiger partial charge in [0.1, 0.15) is 36.1 Å². The summed E-state index contributed by atoms with van der Waals surface area (Å²) in [6.07, 6.45) is 5.37. The van der Waals surface area contributed by atoms with Gasteiger partial charge in [0.25, 0.3) is 0 Å². The summed E-state index contributed by atoms with van der Waals surface area (Å²) < 4.78 is 36.5. The second-order valence-corrected chi connectivity index (χ2v) is 11.5. The molecule has 0 radical (unpaired) electrons. The molecule has 1 atom stereocenters. The summed E-state index contributed by atoms with van der Waals surface area (Å²) in [7, 11) is 0. The highest BCUT2D eigenvalue weighted by Gasteiger charge is 2.21. The number of nitrogens with one attached hydrogen (secondary N) is 2. The number of amides is 1. The number of morpholine rings is 1. The number of fused-ring (bicyclic) bond motifs is 1. The van der Waals surface area contributed by atoms with Gasteiger partial charge < -0.3 is 29.6 Å². The number of pyridine rings is 1. The molecule has 1 aromatic heterocycles. The summed E-state index contributed by atoms with van der Waals surface area (Å²) in [6, 6.07) is 17.0. The number of ether oxygens (including phenoxy) is 4. The van der Waals surface area contributed by atoms with E-state index in [0.29, 0.717) is 88.6 Å². The van der Waals surface area contributed by atoms with Gasteiger partial charge in [-0.3, -0.25) is 14.7 Å². The third-order valence-corrected chi connectivity index (χ3v) is 8.05. The Balaban J connectivity index is 1.26. The molecule has 2 aliphatic heterocycles. The van der Waals surface area contributed by atoms with Crippen LogP contribution in [0.4, 0.5) is 21.5 Å². The number of aromatic nitrogens is 1. The van der Waals surface area contributed by atoms with Crippen molar-refractivity contribution in [2.75, 3.05) is 56.7 Å². The van der Waals surface area contributed by atoms with Gasteiger partial charge in [0.2, 0.25) is 5.91 Å². The molecular weight excluding hydrogens is 625 g/mol. The molecule has 2 saturated heterocycles. The van der Waals surface area contributed by atoms with Gasteiger partial charge in [0, 0.05) is 55.5 Å². The van der Waals surface area contributed by atoms with E-state index in [1.165, 1.54) is 24.4 Å². The molecule has 2 fully saturated rings. The van der Waals surface area contributed by atoms with Gasteiger partial charge >= 0.3 is 0 Å². The molecule has 0 aliphatic carbocycles. The number of rotatable bonds is 11. The highest BCUT2D eigenvalue weighted by molar-refractivity contribution is 6.32. The van der Waals surface area contributed by atoms with Gasteiger partial charge in [0.15, 0.2) is 0 Å². The van der Waals surface area contributed by atoms with Crippen molar-refractivity contribution in [1.29, 1.82) is 5.26 Å². The monoisotopic (exact) mass is 657 g/mol. The van der Waals surface area contributed by atoms with Crippen molar-refractivity contribution >= 4 is 45.5 Å². The summed E-state index contributed by atoms with van der Waals surface area (Å²) in [4.78, 5) is 19.8. The highest BCUT2D eigenvalue weighted by atomic mass is 35.5. The second-order valence-electron chi connectivity index (χ2n) is 11.1. The number of hydrogen-bond donors (Lipinski definition) is 2. The number of carbonyl (C=O) groups is 1. The van der Waals surface area contributed by atoms with Crippen LogP contribution in [-0.4, -0.2) is 68.0 Å². The SMILES string of the molecule is N#Cc1cnc2cc(OC3CCOC3)c(NC(=O)C=CCN3CCOCC3)cc2c1Nc1ccc(OCc2cccc(F)c2)c(Cl)c1. The minimum Gasteiger partial charge on any atom is -0.487 e. The highest BCUT2D eigenvalue weighted by Crippen LogP contribution is 2.38. The lowest BCUT2D eigenvalue weighted by Crippen LogP contribution is -2.36. The van der Waals surface area contributed by atoms with Crippen molar-refractivity contribution in [2.24, 2.45) is 0 Å². The lowest BCUT2D eigenvalue weighted by molar-refractivity contribution is -0.111. The van der Waals surface area contributed by atoms with E-state index >= 15 is 0 Å². The Morgan fingerprint density at radius 3 is 2.77 bits per heavy atom. The van der Waals surface area contributed by atoms with E-state index in [1.807, 2.05) is 6.08 Å². The largest absolute Gasteiger partial charge is 0.487 e. The summed E-state index contributed by atoms with van der Waals surface area (Å²) in [5, 5.41) is 17.2. The second kappa shape index (κ2) is 15.2. The van der Waals surface area contributed by atoms with Gasteiger partial charge in [-0.15, -0.1) is 0 Å². The van der Waals surface area contributed by atoms with Crippen molar-refractivity contribution < 1.29 is 28.1 Å². The molecule has 6 rings (SSSR count). The Hall–Kier alpha value is -4.73. The number of anilines is 3. The van der Waals surface area contributed by atoms with Crippen LogP contribution in [-0.2, 0) is 20.9 Å². The first-order valence-corrected chi connectivity index (χ1v) is 15.7. The minimum absolute atomic E-state index is 0.145. The molecule has 3 aromatic carbocycles. The van der Waals surface area contributed by atoms with E-state index in [0.717, 1.165) is 19.5 Å². The smallest absolute Gasteiger partial charge is 0.248 e. The average molecular weight is 658 g/mol. The van der Waals surface area contributed by atoms with Crippen molar-refractivity contribution in [3.63, 3.8) is 0 Å². The zero-order valence-corrected chi connectivity index (χ0v) is 26.3. The van der Waals surface area contributed by atoms with Crippen molar-refractivity contribution in [1.82, 2.24) is 9.88 Å². The van der Waals surface area contributed by atoms with Crippen LogP contribution in [0.5, 0.6) is 11.5 Å². The van der Waals surface area contributed by atoms with Gasteiger partial charge in [0.05, 0.1) is 53.9 Å². The first-order chi connectivity index (χ1) is 22.9. The first kappa shape index (κ1) is 32.2. The van der Waals surface area contributed by atoms with E-state index in [4.69, 9.17) is 30.5 Å². The maximum atomic E-state index is 13.6. The Kier molecular flexibility index (Phi) is 10.4. The number of carbonyl (C=O) groups excluding carboxylic acids is 1. The molecule has 1 amide bonds. The molecule has 0 saturated carbocycles. The minimum atomic E-state index is -0.344. The molecule has 12 heteroatoms. The predicted octanol–water partition coefficient (Wildman–Crippen LogP) is 6.22. The fourth-order valence-electron chi connectivity index (χ4n) is 5.31. The van der Waals surface area contributed by atoms with Gasteiger partial charge in [-0.1, -0.05) is 29.8 Å². The van der Waals surface area contributed by atoms with E-state index in [9.17, 15) is 14.4 Å². The zero-order valence-electron chi connectivity index (χ0n) is 25.5. The number of hydrogen-bond acceptors (Lipinski definition) is 9. The first-order valence-electron chi connectivity index (χ1n) is 15.3. The van der Waals surface area contributed by atoms with Crippen molar-refractivity contribution in [3.05, 3.63) is 94.9 Å².